The summed E-state index contributed by atoms with van der Waals surface area (Å²) in [6, 6.07) is 13.3. The van der Waals surface area contributed by atoms with Crippen LogP contribution in [-0.4, -0.2) is 26.1 Å². The molecule has 0 aliphatic heterocycles. The third-order valence-corrected chi connectivity index (χ3v) is 4.08. The van der Waals surface area contributed by atoms with Gasteiger partial charge in [0.25, 0.3) is 0 Å². The molecule has 0 spiro atoms. The Bertz CT molecular complexity index is 933. The third-order valence-electron chi connectivity index (χ3n) is 4.08. The summed E-state index contributed by atoms with van der Waals surface area (Å²) < 4.78 is 11.7. The number of halogens is 1. The van der Waals surface area contributed by atoms with Crippen LogP contribution < -0.4 is 10.2 Å². The van der Waals surface area contributed by atoms with Crippen LogP contribution in [0, 0.1) is 6.92 Å². The molecule has 25 heavy (non-hydrogen) atoms. The van der Waals surface area contributed by atoms with Crippen LogP contribution in [0.1, 0.15) is 11.1 Å². The molecule has 5 heteroatoms. The molecule has 0 N–H and O–H groups in total. The van der Waals surface area contributed by atoms with Crippen LogP contribution >= 0.6 is 12.4 Å². The lowest BCUT2D eigenvalue weighted by atomic mass is 10.0. The summed E-state index contributed by atoms with van der Waals surface area (Å²) in [7, 11) is 5.58. The maximum Gasteiger partial charge on any atom is 0.196 e. The fraction of sp³-hybridized carbons (Fsp3) is 0.250. The van der Waals surface area contributed by atoms with Crippen molar-refractivity contribution in [2.24, 2.45) is 0 Å². The first kappa shape index (κ1) is 19.0. The lowest BCUT2D eigenvalue weighted by Crippen LogP contribution is -2.14. The van der Waals surface area contributed by atoms with Gasteiger partial charge in [-0.25, -0.2) is 0 Å². The molecule has 1 heterocycles. The zero-order chi connectivity index (χ0) is 17.3. The Kier molecular flexibility index (Phi) is 5.88. The van der Waals surface area contributed by atoms with Crippen LogP contribution in [0.25, 0.3) is 22.3 Å². The fourth-order valence-corrected chi connectivity index (χ4v) is 2.91. The molecule has 4 nitrogen and oxygen atoms in total. The molecule has 0 aliphatic carbocycles. The molecule has 0 bridgehead atoms. The Morgan fingerprint density at radius 1 is 1.08 bits per heavy atom. The minimum Gasteiger partial charge on any atom is -0.496 e. The smallest absolute Gasteiger partial charge is 0.196 e. The number of benzene rings is 2. The van der Waals surface area contributed by atoms with Crippen molar-refractivity contribution in [3.63, 3.8) is 0 Å². The van der Waals surface area contributed by atoms with Gasteiger partial charge >= 0.3 is 0 Å². The van der Waals surface area contributed by atoms with Crippen molar-refractivity contribution in [1.29, 1.82) is 0 Å². The minimum absolute atomic E-state index is 0. The quantitative estimate of drug-likeness (QED) is 0.698. The van der Waals surface area contributed by atoms with E-state index in [-0.39, 0.29) is 17.8 Å². The second kappa shape index (κ2) is 7.72. The van der Waals surface area contributed by atoms with E-state index in [1.165, 1.54) is 0 Å². The number of fused-ring (bicyclic) bond motifs is 1. The second-order valence-corrected chi connectivity index (χ2v) is 6.11. The Labute approximate surface area is 153 Å². The van der Waals surface area contributed by atoms with Crippen LogP contribution in [0.2, 0.25) is 0 Å². The highest BCUT2D eigenvalue weighted by Gasteiger charge is 2.18. The first-order chi connectivity index (χ1) is 11.5. The largest absolute Gasteiger partial charge is 0.496 e. The maximum atomic E-state index is 12.8. The second-order valence-electron chi connectivity index (χ2n) is 6.11. The molecule has 1 aromatic heterocycles. The fourth-order valence-electron chi connectivity index (χ4n) is 2.91. The SMILES string of the molecule is COc1ccc2c(=O)c(C)c(-c3ccccc3)oc2c1CN(C)C.Cl. The summed E-state index contributed by atoms with van der Waals surface area (Å²) >= 11 is 0. The maximum absolute atomic E-state index is 12.8. The average Bonchev–Trinajstić information content (AvgIpc) is 2.58. The van der Waals surface area contributed by atoms with E-state index in [0.717, 1.165) is 16.9 Å². The average molecular weight is 360 g/mol. The lowest BCUT2D eigenvalue weighted by Gasteiger charge is -2.16. The molecule has 0 atom stereocenters. The normalized spacial score (nSPS) is 10.8. The first-order valence-electron chi connectivity index (χ1n) is 7.86. The van der Waals surface area contributed by atoms with Gasteiger partial charge in [-0.3, -0.25) is 4.79 Å². The van der Waals surface area contributed by atoms with Crippen LogP contribution in [0.4, 0.5) is 0 Å². The van der Waals surface area contributed by atoms with E-state index in [1.54, 1.807) is 13.2 Å². The molecular weight excluding hydrogens is 338 g/mol. The van der Waals surface area contributed by atoms with E-state index in [9.17, 15) is 4.79 Å². The van der Waals surface area contributed by atoms with Crippen molar-refractivity contribution < 1.29 is 9.15 Å². The van der Waals surface area contributed by atoms with Gasteiger partial charge in [-0.2, -0.15) is 0 Å². The van der Waals surface area contributed by atoms with E-state index < -0.39 is 0 Å². The van der Waals surface area contributed by atoms with Crippen LogP contribution in [0.5, 0.6) is 5.75 Å². The van der Waals surface area contributed by atoms with Crippen LogP contribution in [0.3, 0.4) is 0 Å². The van der Waals surface area contributed by atoms with Crippen molar-refractivity contribution >= 4 is 23.4 Å². The highest BCUT2D eigenvalue weighted by atomic mass is 35.5. The predicted molar refractivity (Wildman–Crippen MR) is 104 cm³/mol. The number of hydrogen-bond donors (Lipinski definition) is 0. The van der Waals surface area contributed by atoms with Gasteiger partial charge in [-0.15, -0.1) is 12.4 Å². The molecule has 0 saturated carbocycles. The summed E-state index contributed by atoms with van der Waals surface area (Å²) in [6.45, 7) is 2.43. The van der Waals surface area contributed by atoms with Crippen LogP contribution in [-0.2, 0) is 6.54 Å². The summed E-state index contributed by atoms with van der Waals surface area (Å²) in [4.78, 5) is 14.9. The molecule has 0 fully saturated rings. The summed E-state index contributed by atoms with van der Waals surface area (Å²) in [5.41, 5.74) is 2.99. The van der Waals surface area contributed by atoms with E-state index >= 15 is 0 Å². The van der Waals surface area contributed by atoms with Crippen molar-refractivity contribution in [2.75, 3.05) is 21.2 Å². The molecule has 132 valence electrons. The van der Waals surface area contributed by atoms with Gasteiger partial charge in [0.05, 0.1) is 18.1 Å². The number of ether oxygens (including phenoxy) is 1. The Balaban J connectivity index is 0.00000225. The van der Waals surface area contributed by atoms with Gasteiger partial charge in [0.1, 0.15) is 17.1 Å². The number of rotatable bonds is 4. The first-order valence-corrected chi connectivity index (χ1v) is 7.86. The summed E-state index contributed by atoms with van der Waals surface area (Å²) in [6.07, 6.45) is 0. The van der Waals surface area contributed by atoms with E-state index in [4.69, 9.17) is 9.15 Å². The van der Waals surface area contributed by atoms with Gasteiger partial charge < -0.3 is 14.1 Å². The molecule has 3 rings (SSSR count). The minimum atomic E-state index is -0.00207. The molecule has 0 saturated heterocycles. The predicted octanol–water partition coefficient (Wildman–Crippen LogP) is 4.26. The molecule has 0 aliphatic rings. The lowest BCUT2D eigenvalue weighted by molar-refractivity contribution is 0.370. The van der Waals surface area contributed by atoms with E-state index in [1.807, 2.05) is 62.3 Å². The van der Waals surface area contributed by atoms with Crippen molar-refractivity contribution in [1.82, 2.24) is 4.90 Å². The zero-order valence-electron chi connectivity index (χ0n) is 14.8. The van der Waals surface area contributed by atoms with Crippen LogP contribution in [0.15, 0.2) is 51.7 Å². The Morgan fingerprint density at radius 2 is 1.76 bits per heavy atom. The molecule has 2 aromatic carbocycles. The van der Waals surface area contributed by atoms with E-state index in [0.29, 0.717) is 28.8 Å². The molecule has 0 unspecified atom stereocenters. The summed E-state index contributed by atoms with van der Waals surface area (Å²) in [5.74, 6) is 1.34. The van der Waals surface area contributed by atoms with Crippen molar-refractivity contribution in [3.05, 3.63) is 63.8 Å². The van der Waals surface area contributed by atoms with E-state index in [2.05, 4.69) is 0 Å². The monoisotopic (exact) mass is 359 g/mol. The van der Waals surface area contributed by atoms with Crippen molar-refractivity contribution in [3.8, 4) is 17.1 Å². The standard InChI is InChI=1S/C20H21NO3.ClH/c1-13-18(22)15-10-11-17(23-4)16(12-21(2)3)20(15)24-19(13)14-8-6-5-7-9-14;/h5-11H,12H2,1-4H3;1H. The Hall–Kier alpha value is -2.30. The molecule has 0 amide bonds. The Morgan fingerprint density at radius 3 is 2.36 bits per heavy atom. The van der Waals surface area contributed by atoms with Gasteiger partial charge in [-0.1, -0.05) is 30.3 Å². The highest BCUT2D eigenvalue weighted by Crippen LogP contribution is 2.32. The molecule has 0 radical (unpaired) electrons. The molecule has 3 aromatic rings. The van der Waals surface area contributed by atoms with Gasteiger partial charge in [0.2, 0.25) is 0 Å². The number of methoxy groups -OCH3 is 1. The van der Waals surface area contributed by atoms with Gasteiger partial charge in [0, 0.05) is 17.7 Å². The number of hydrogen-bond acceptors (Lipinski definition) is 4. The number of nitrogens with zero attached hydrogens (tertiary/aromatic N) is 1. The van der Waals surface area contributed by atoms with Crippen molar-refractivity contribution in [2.45, 2.75) is 13.5 Å². The third kappa shape index (κ3) is 3.55. The zero-order valence-corrected chi connectivity index (χ0v) is 15.6. The topological polar surface area (TPSA) is 42.7 Å². The van der Waals surface area contributed by atoms with Gasteiger partial charge in [-0.05, 0) is 33.2 Å². The summed E-state index contributed by atoms with van der Waals surface area (Å²) in [5, 5.41) is 0.588. The highest BCUT2D eigenvalue weighted by molar-refractivity contribution is 5.85. The molecular formula is C20H22ClNO3. The van der Waals surface area contributed by atoms with Gasteiger partial charge in [0.15, 0.2) is 5.43 Å².